The molecule has 2 aromatic heterocycles. The van der Waals surface area contributed by atoms with Crippen molar-refractivity contribution in [2.24, 2.45) is 0 Å². The number of nitrogens with zero attached hydrogens (tertiary/aromatic N) is 3. The van der Waals surface area contributed by atoms with Gasteiger partial charge in [-0.15, -0.1) is 0 Å². The van der Waals surface area contributed by atoms with Gasteiger partial charge in [0.05, 0.1) is 17.8 Å². The highest BCUT2D eigenvalue weighted by Crippen LogP contribution is 2.39. The molecule has 8 heteroatoms. The second-order valence-electron chi connectivity index (χ2n) is 8.91. The van der Waals surface area contributed by atoms with Crippen LogP contribution in [-0.4, -0.2) is 32.0 Å². The van der Waals surface area contributed by atoms with Gasteiger partial charge in [-0.1, -0.05) is 48.9 Å². The van der Waals surface area contributed by atoms with Crippen LogP contribution >= 0.6 is 23.8 Å². The van der Waals surface area contributed by atoms with Gasteiger partial charge in [0.1, 0.15) is 0 Å². The molecule has 188 valence electrons. The summed E-state index contributed by atoms with van der Waals surface area (Å²) in [6.45, 7) is 2.54. The Hall–Kier alpha value is -3.68. The van der Waals surface area contributed by atoms with Gasteiger partial charge in [-0.3, -0.25) is 9.78 Å². The maximum Gasteiger partial charge on any atom is 0.226 e. The topological polar surface area (TPSA) is 62.2 Å². The first-order valence-corrected chi connectivity index (χ1v) is 13.1. The predicted molar refractivity (Wildman–Crippen MR) is 152 cm³/mol. The Balaban J connectivity index is 1.44. The summed E-state index contributed by atoms with van der Waals surface area (Å²) in [5.74, 6) is -0.0473. The molecule has 1 amide bonds. The predicted octanol–water partition coefficient (Wildman–Crippen LogP) is 6.09. The van der Waals surface area contributed by atoms with Gasteiger partial charge in [0, 0.05) is 47.5 Å². The van der Waals surface area contributed by atoms with E-state index >= 15 is 0 Å². The molecule has 1 saturated heterocycles. The van der Waals surface area contributed by atoms with Gasteiger partial charge in [0.15, 0.2) is 5.11 Å². The molecule has 1 aliphatic heterocycles. The molecule has 0 radical (unpaired) electrons. The lowest BCUT2D eigenvalue weighted by atomic mass is 10.0. The standard InChI is InChI=1S/C29H28ClN5OS/c1-2-20-9-3-4-12-23(20)32-26(36)15-18-35-28(27(33-29(35)37)24-13-5-6-16-31-24)25-14-8-17-34(25)22-11-7-10-21(30)19-22/h3-14,16-17,19,27-28H,2,15,18H2,1H3,(H,32,36)(H,33,37)/t27-,28-/m0/s1. The van der Waals surface area contributed by atoms with Gasteiger partial charge < -0.3 is 20.1 Å². The molecule has 0 bridgehead atoms. The summed E-state index contributed by atoms with van der Waals surface area (Å²) >= 11 is 12.1. The molecule has 1 aliphatic rings. The Labute approximate surface area is 227 Å². The summed E-state index contributed by atoms with van der Waals surface area (Å²) in [7, 11) is 0. The van der Waals surface area contributed by atoms with E-state index < -0.39 is 0 Å². The highest BCUT2D eigenvalue weighted by Gasteiger charge is 2.41. The van der Waals surface area contributed by atoms with E-state index in [0.717, 1.165) is 34.7 Å². The zero-order valence-electron chi connectivity index (χ0n) is 20.5. The Morgan fingerprint density at radius 3 is 2.70 bits per heavy atom. The maximum atomic E-state index is 13.0. The second kappa shape index (κ2) is 11.2. The quantitative estimate of drug-likeness (QED) is 0.270. The molecular formula is C29H28ClN5OS. The van der Waals surface area contributed by atoms with Gasteiger partial charge in [-0.25, -0.2) is 0 Å². The SMILES string of the molecule is CCc1ccccc1NC(=O)CCN1C(=S)N[C@@H](c2ccccn2)[C@@H]1c1cccn1-c1cccc(Cl)c1. The molecule has 2 N–H and O–H groups in total. The number of anilines is 1. The summed E-state index contributed by atoms with van der Waals surface area (Å²) in [6.07, 6.45) is 4.95. The van der Waals surface area contributed by atoms with Crippen molar-refractivity contribution in [1.82, 2.24) is 19.8 Å². The Kier molecular flexibility index (Phi) is 7.53. The van der Waals surface area contributed by atoms with Gasteiger partial charge in [0.25, 0.3) is 0 Å². The number of pyridine rings is 1. The zero-order valence-corrected chi connectivity index (χ0v) is 22.0. The van der Waals surface area contributed by atoms with Crippen LogP contribution in [0.1, 0.15) is 42.4 Å². The number of thiocarbonyl (C=S) groups is 1. The summed E-state index contributed by atoms with van der Waals surface area (Å²) in [5.41, 5.74) is 4.84. The Bertz CT molecular complexity index is 1410. The number of hydrogen-bond donors (Lipinski definition) is 2. The van der Waals surface area contributed by atoms with Crippen molar-refractivity contribution >= 4 is 40.5 Å². The fourth-order valence-electron chi connectivity index (χ4n) is 4.85. The zero-order chi connectivity index (χ0) is 25.8. The van der Waals surface area contributed by atoms with Gasteiger partial charge in [-0.2, -0.15) is 0 Å². The summed E-state index contributed by atoms with van der Waals surface area (Å²) in [5, 5.41) is 7.80. The maximum absolute atomic E-state index is 13.0. The third-order valence-electron chi connectivity index (χ3n) is 6.62. The fourth-order valence-corrected chi connectivity index (χ4v) is 5.37. The first-order valence-electron chi connectivity index (χ1n) is 12.3. The van der Waals surface area contributed by atoms with Crippen molar-refractivity contribution in [2.45, 2.75) is 31.8 Å². The number of aromatic nitrogens is 2. The average Bonchev–Trinajstić information content (AvgIpc) is 3.52. The molecular weight excluding hydrogens is 502 g/mol. The van der Waals surface area contributed by atoms with Gasteiger partial charge in [-0.05, 0) is 72.7 Å². The second-order valence-corrected chi connectivity index (χ2v) is 9.73. The van der Waals surface area contributed by atoms with Crippen molar-refractivity contribution in [3.63, 3.8) is 0 Å². The van der Waals surface area contributed by atoms with E-state index in [1.165, 1.54) is 0 Å². The Morgan fingerprint density at radius 1 is 1.08 bits per heavy atom. The van der Waals surface area contributed by atoms with E-state index in [2.05, 4.69) is 38.1 Å². The van der Waals surface area contributed by atoms with Crippen LogP contribution in [0, 0.1) is 0 Å². The monoisotopic (exact) mass is 529 g/mol. The highest BCUT2D eigenvalue weighted by molar-refractivity contribution is 7.80. The van der Waals surface area contributed by atoms with Crippen LogP contribution in [0.4, 0.5) is 5.69 Å². The molecule has 2 aromatic carbocycles. The number of rotatable bonds is 8. The molecule has 0 aliphatic carbocycles. The number of amides is 1. The summed E-state index contributed by atoms with van der Waals surface area (Å²) in [6, 6.07) is 25.3. The van der Waals surface area contributed by atoms with Gasteiger partial charge in [0.2, 0.25) is 5.91 Å². The largest absolute Gasteiger partial charge is 0.352 e. The van der Waals surface area contributed by atoms with E-state index in [0.29, 0.717) is 23.1 Å². The number of para-hydroxylation sites is 1. The minimum atomic E-state index is -0.176. The van der Waals surface area contributed by atoms with Crippen LogP contribution in [0.3, 0.4) is 0 Å². The molecule has 6 nitrogen and oxygen atoms in total. The lowest BCUT2D eigenvalue weighted by Crippen LogP contribution is -2.33. The minimum Gasteiger partial charge on any atom is -0.352 e. The fraction of sp³-hybridized carbons (Fsp3) is 0.207. The first kappa shape index (κ1) is 25.0. The molecule has 5 rings (SSSR count). The van der Waals surface area contributed by atoms with Crippen molar-refractivity contribution in [3.8, 4) is 5.69 Å². The number of carbonyl (C=O) groups is 1. The van der Waals surface area contributed by atoms with E-state index in [9.17, 15) is 4.79 Å². The first-order chi connectivity index (χ1) is 18.0. The number of carbonyl (C=O) groups excluding carboxylic acids is 1. The number of aryl methyl sites for hydroxylation is 1. The van der Waals surface area contributed by atoms with Crippen molar-refractivity contribution in [1.29, 1.82) is 0 Å². The number of benzene rings is 2. The molecule has 0 saturated carbocycles. The van der Waals surface area contributed by atoms with E-state index in [1.54, 1.807) is 6.20 Å². The normalized spacial score (nSPS) is 17.0. The molecule has 0 unspecified atom stereocenters. The van der Waals surface area contributed by atoms with Crippen LogP contribution in [-0.2, 0) is 11.2 Å². The molecule has 1 fully saturated rings. The number of nitrogens with one attached hydrogen (secondary N) is 2. The van der Waals surface area contributed by atoms with Crippen LogP contribution in [0.5, 0.6) is 0 Å². The lowest BCUT2D eigenvalue weighted by Gasteiger charge is -2.29. The molecule has 2 atom stereocenters. The van der Waals surface area contributed by atoms with Gasteiger partial charge >= 0.3 is 0 Å². The van der Waals surface area contributed by atoms with E-state index in [4.69, 9.17) is 23.8 Å². The number of hydrogen-bond acceptors (Lipinski definition) is 3. The number of halogens is 1. The van der Waals surface area contributed by atoms with Crippen LogP contribution < -0.4 is 10.6 Å². The van der Waals surface area contributed by atoms with Crippen molar-refractivity contribution in [3.05, 3.63) is 113 Å². The highest BCUT2D eigenvalue weighted by atomic mass is 35.5. The summed E-state index contributed by atoms with van der Waals surface area (Å²) < 4.78 is 2.12. The van der Waals surface area contributed by atoms with Crippen molar-refractivity contribution in [2.75, 3.05) is 11.9 Å². The third kappa shape index (κ3) is 5.38. The molecule has 4 aromatic rings. The Morgan fingerprint density at radius 2 is 1.92 bits per heavy atom. The smallest absolute Gasteiger partial charge is 0.226 e. The van der Waals surface area contributed by atoms with Crippen LogP contribution in [0.15, 0.2) is 91.3 Å². The van der Waals surface area contributed by atoms with Crippen LogP contribution in [0.25, 0.3) is 5.69 Å². The molecule has 0 spiro atoms. The molecule has 37 heavy (non-hydrogen) atoms. The average molecular weight is 530 g/mol. The third-order valence-corrected chi connectivity index (χ3v) is 7.21. The summed E-state index contributed by atoms with van der Waals surface area (Å²) in [4.78, 5) is 19.7. The van der Waals surface area contributed by atoms with E-state index in [1.807, 2.05) is 79.0 Å². The lowest BCUT2D eigenvalue weighted by molar-refractivity contribution is -0.116. The van der Waals surface area contributed by atoms with Crippen LogP contribution in [0.2, 0.25) is 5.02 Å². The van der Waals surface area contributed by atoms with E-state index in [-0.39, 0.29) is 18.0 Å². The molecule has 3 heterocycles. The minimum absolute atomic E-state index is 0.0473. The van der Waals surface area contributed by atoms with Crippen molar-refractivity contribution < 1.29 is 4.79 Å².